The monoisotopic (exact) mass is 344 g/mol. The molecule has 0 radical (unpaired) electrons. The van der Waals surface area contributed by atoms with E-state index in [9.17, 15) is 4.79 Å². The van der Waals surface area contributed by atoms with Crippen LogP contribution in [0.25, 0.3) is 0 Å². The van der Waals surface area contributed by atoms with Crippen molar-refractivity contribution in [2.45, 2.75) is 39.7 Å². The summed E-state index contributed by atoms with van der Waals surface area (Å²) in [6, 6.07) is 7.49. The molecule has 4 nitrogen and oxygen atoms in total. The normalized spacial score (nSPS) is 13.8. The Kier molecular flexibility index (Phi) is 5.51. The summed E-state index contributed by atoms with van der Waals surface area (Å²) >= 11 is 1.62. The molecule has 1 aromatic heterocycles. The summed E-state index contributed by atoms with van der Waals surface area (Å²) in [5.74, 6) is 1.53. The molecule has 24 heavy (non-hydrogen) atoms. The van der Waals surface area contributed by atoms with Gasteiger partial charge in [0.1, 0.15) is 12.4 Å². The summed E-state index contributed by atoms with van der Waals surface area (Å²) in [7, 11) is 0. The summed E-state index contributed by atoms with van der Waals surface area (Å²) in [6.07, 6.45) is 3.49. The number of aryl methyl sites for hydroxylation is 1. The Bertz CT molecular complexity index is 694. The SMILES string of the molecule is CCCN(CC1CC1)C(=O)c1cccc(OCc2csc(C)n2)c1. The van der Waals surface area contributed by atoms with Crippen LogP contribution in [0.1, 0.15) is 47.2 Å². The fraction of sp³-hybridized carbons (Fsp3) is 0.474. The highest BCUT2D eigenvalue weighted by Gasteiger charge is 2.26. The molecule has 1 aliphatic carbocycles. The van der Waals surface area contributed by atoms with Crippen molar-refractivity contribution in [3.63, 3.8) is 0 Å². The van der Waals surface area contributed by atoms with E-state index in [1.807, 2.05) is 41.5 Å². The number of carbonyl (C=O) groups excluding carboxylic acids is 1. The van der Waals surface area contributed by atoms with Gasteiger partial charge in [0.15, 0.2) is 0 Å². The zero-order chi connectivity index (χ0) is 16.9. The zero-order valence-corrected chi connectivity index (χ0v) is 15.1. The van der Waals surface area contributed by atoms with E-state index < -0.39 is 0 Å². The second-order valence-electron chi connectivity index (χ2n) is 6.37. The number of hydrogen-bond acceptors (Lipinski definition) is 4. The van der Waals surface area contributed by atoms with Crippen LogP contribution in [0.5, 0.6) is 5.75 Å². The molecule has 0 unspecified atom stereocenters. The molecule has 0 spiro atoms. The van der Waals surface area contributed by atoms with Crippen molar-refractivity contribution in [3.8, 4) is 5.75 Å². The highest BCUT2D eigenvalue weighted by atomic mass is 32.1. The van der Waals surface area contributed by atoms with Crippen molar-refractivity contribution in [2.24, 2.45) is 5.92 Å². The van der Waals surface area contributed by atoms with Gasteiger partial charge in [-0.3, -0.25) is 4.79 Å². The number of thiazole rings is 1. The molecular weight excluding hydrogens is 320 g/mol. The van der Waals surface area contributed by atoms with E-state index in [2.05, 4.69) is 11.9 Å². The van der Waals surface area contributed by atoms with Gasteiger partial charge in [0.2, 0.25) is 0 Å². The summed E-state index contributed by atoms with van der Waals surface area (Å²) in [5, 5.41) is 3.04. The Hall–Kier alpha value is -1.88. The van der Waals surface area contributed by atoms with Crippen molar-refractivity contribution < 1.29 is 9.53 Å². The molecule has 1 aromatic carbocycles. The largest absolute Gasteiger partial charge is 0.487 e. The van der Waals surface area contributed by atoms with E-state index in [-0.39, 0.29) is 5.91 Å². The van der Waals surface area contributed by atoms with Gasteiger partial charge in [-0.05, 0) is 50.3 Å². The van der Waals surface area contributed by atoms with Crippen LogP contribution >= 0.6 is 11.3 Å². The predicted molar refractivity (Wildman–Crippen MR) is 96.5 cm³/mol. The molecule has 5 heteroatoms. The first-order valence-corrected chi connectivity index (χ1v) is 9.47. The lowest BCUT2D eigenvalue weighted by Gasteiger charge is -2.22. The number of amides is 1. The third-order valence-electron chi connectivity index (χ3n) is 4.09. The smallest absolute Gasteiger partial charge is 0.253 e. The van der Waals surface area contributed by atoms with E-state index in [0.717, 1.165) is 36.0 Å². The molecule has 1 saturated carbocycles. The van der Waals surface area contributed by atoms with Gasteiger partial charge >= 0.3 is 0 Å². The first-order valence-electron chi connectivity index (χ1n) is 8.59. The number of rotatable bonds is 8. The number of aromatic nitrogens is 1. The molecule has 0 saturated heterocycles. The molecule has 1 heterocycles. The first-order chi connectivity index (χ1) is 11.7. The Morgan fingerprint density at radius 1 is 1.42 bits per heavy atom. The third kappa shape index (κ3) is 4.57. The highest BCUT2D eigenvalue weighted by molar-refractivity contribution is 7.09. The molecular formula is C19H24N2O2S. The van der Waals surface area contributed by atoms with Crippen LogP contribution < -0.4 is 4.74 Å². The maximum absolute atomic E-state index is 12.8. The van der Waals surface area contributed by atoms with Crippen molar-refractivity contribution in [1.82, 2.24) is 9.88 Å². The van der Waals surface area contributed by atoms with Gasteiger partial charge in [-0.25, -0.2) is 4.98 Å². The molecule has 1 fully saturated rings. The lowest BCUT2D eigenvalue weighted by atomic mass is 10.1. The second kappa shape index (κ2) is 7.79. The van der Waals surface area contributed by atoms with Crippen LogP contribution in [0.2, 0.25) is 0 Å². The maximum atomic E-state index is 12.8. The fourth-order valence-electron chi connectivity index (χ4n) is 2.69. The maximum Gasteiger partial charge on any atom is 0.253 e. The lowest BCUT2D eigenvalue weighted by Crippen LogP contribution is -2.33. The van der Waals surface area contributed by atoms with Gasteiger partial charge in [-0.1, -0.05) is 13.0 Å². The van der Waals surface area contributed by atoms with Crippen LogP contribution in [0.3, 0.4) is 0 Å². The molecule has 0 bridgehead atoms. The van der Waals surface area contributed by atoms with Crippen molar-refractivity contribution in [1.29, 1.82) is 0 Å². The van der Waals surface area contributed by atoms with E-state index in [1.165, 1.54) is 12.8 Å². The number of ether oxygens (including phenoxy) is 1. The van der Waals surface area contributed by atoms with Crippen LogP contribution in [0, 0.1) is 12.8 Å². The third-order valence-corrected chi connectivity index (χ3v) is 4.91. The molecule has 0 atom stereocenters. The van der Waals surface area contributed by atoms with Crippen molar-refractivity contribution in [2.75, 3.05) is 13.1 Å². The second-order valence-corrected chi connectivity index (χ2v) is 7.43. The van der Waals surface area contributed by atoms with E-state index in [4.69, 9.17) is 4.74 Å². The lowest BCUT2D eigenvalue weighted by molar-refractivity contribution is 0.0747. The minimum Gasteiger partial charge on any atom is -0.487 e. The van der Waals surface area contributed by atoms with Gasteiger partial charge < -0.3 is 9.64 Å². The van der Waals surface area contributed by atoms with E-state index >= 15 is 0 Å². The highest BCUT2D eigenvalue weighted by Crippen LogP contribution is 2.30. The summed E-state index contributed by atoms with van der Waals surface area (Å²) in [6.45, 7) is 6.23. The molecule has 128 valence electrons. The van der Waals surface area contributed by atoms with Crippen LogP contribution in [-0.2, 0) is 6.61 Å². The Balaban J connectivity index is 1.65. The van der Waals surface area contributed by atoms with Crippen molar-refractivity contribution in [3.05, 3.63) is 45.9 Å². The van der Waals surface area contributed by atoms with Gasteiger partial charge in [0, 0.05) is 24.0 Å². The molecule has 1 amide bonds. The number of carbonyl (C=O) groups is 1. The minimum atomic E-state index is 0.110. The zero-order valence-electron chi connectivity index (χ0n) is 14.3. The van der Waals surface area contributed by atoms with Crippen LogP contribution in [-0.4, -0.2) is 28.9 Å². The van der Waals surface area contributed by atoms with Gasteiger partial charge in [0.25, 0.3) is 5.91 Å². The Labute approximate surface area is 147 Å². The first kappa shape index (κ1) is 17.0. The molecule has 0 aliphatic heterocycles. The Morgan fingerprint density at radius 3 is 2.92 bits per heavy atom. The number of benzene rings is 1. The van der Waals surface area contributed by atoms with Gasteiger partial charge in [0.05, 0.1) is 10.7 Å². The molecule has 2 aromatic rings. The minimum absolute atomic E-state index is 0.110. The van der Waals surface area contributed by atoms with Gasteiger partial charge in [-0.2, -0.15) is 0 Å². The Morgan fingerprint density at radius 2 is 2.25 bits per heavy atom. The summed E-state index contributed by atoms with van der Waals surface area (Å²) in [5.41, 5.74) is 1.63. The van der Waals surface area contributed by atoms with E-state index in [0.29, 0.717) is 18.1 Å². The quantitative estimate of drug-likeness (QED) is 0.717. The number of hydrogen-bond donors (Lipinski definition) is 0. The average Bonchev–Trinajstić information content (AvgIpc) is 3.31. The predicted octanol–water partition coefficient (Wildman–Crippen LogP) is 4.29. The standard InChI is InChI=1S/C19H24N2O2S/c1-3-9-21(11-15-7-8-15)19(22)16-5-4-6-18(10-16)23-12-17-13-24-14(2)20-17/h4-6,10,13,15H,3,7-9,11-12H2,1-2H3. The number of nitrogens with zero attached hydrogens (tertiary/aromatic N) is 2. The fourth-order valence-corrected chi connectivity index (χ4v) is 3.29. The van der Waals surface area contributed by atoms with E-state index in [1.54, 1.807) is 11.3 Å². The molecule has 1 aliphatic rings. The molecule has 3 rings (SSSR count). The average molecular weight is 344 g/mol. The van der Waals surface area contributed by atoms with Gasteiger partial charge in [-0.15, -0.1) is 11.3 Å². The molecule has 0 N–H and O–H groups in total. The summed E-state index contributed by atoms with van der Waals surface area (Å²) < 4.78 is 5.80. The summed E-state index contributed by atoms with van der Waals surface area (Å²) in [4.78, 5) is 19.2. The van der Waals surface area contributed by atoms with Crippen LogP contribution in [0.4, 0.5) is 0 Å². The van der Waals surface area contributed by atoms with Crippen molar-refractivity contribution >= 4 is 17.2 Å². The van der Waals surface area contributed by atoms with Crippen LogP contribution in [0.15, 0.2) is 29.6 Å². The topological polar surface area (TPSA) is 42.4 Å².